The van der Waals surface area contributed by atoms with Gasteiger partial charge < -0.3 is 15.8 Å². The molecule has 0 atom stereocenters. The highest BCUT2D eigenvalue weighted by molar-refractivity contribution is 8.00. The van der Waals surface area contributed by atoms with Crippen LogP contribution in [-0.2, 0) is 4.79 Å². The van der Waals surface area contributed by atoms with Crippen molar-refractivity contribution in [3.63, 3.8) is 0 Å². The van der Waals surface area contributed by atoms with Crippen LogP contribution in [0.5, 0.6) is 5.75 Å². The van der Waals surface area contributed by atoms with Gasteiger partial charge in [0.1, 0.15) is 11.6 Å². The summed E-state index contributed by atoms with van der Waals surface area (Å²) < 4.78 is 5.35. The van der Waals surface area contributed by atoms with E-state index in [1.54, 1.807) is 12.3 Å². The molecule has 2 aromatic rings. The highest BCUT2D eigenvalue weighted by Crippen LogP contribution is 2.19. The molecule has 0 saturated carbocycles. The summed E-state index contributed by atoms with van der Waals surface area (Å²) in [6.45, 7) is 2.55. The Balaban J connectivity index is 1.82. The molecule has 0 fully saturated rings. The third kappa shape index (κ3) is 5.00. The Labute approximate surface area is 127 Å². The molecule has 0 aliphatic carbocycles. The number of nitrogen functional groups attached to an aromatic ring is 1. The van der Waals surface area contributed by atoms with E-state index < -0.39 is 0 Å². The Morgan fingerprint density at radius 2 is 2.05 bits per heavy atom. The first-order chi connectivity index (χ1) is 10.2. The fourth-order valence-corrected chi connectivity index (χ4v) is 2.29. The van der Waals surface area contributed by atoms with Gasteiger partial charge in [-0.05, 0) is 43.3 Å². The molecular formula is C15H17N3O2S. The summed E-state index contributed by atoms with van der Waals surface area (Å²) in [4.78, 5) is 16.7. The van der Waals surface area contributed by atoms with Gasteiger partial charge in [-0.15, -0.1) is 11.8 Å². The van der Waals surface area contributed by atoms with E-state index in [0.717, 1.165) is 16.3 Å². The number of nitrogens with one attached hydrogen (secondary N) is 1. The SMILES string of the molecule is CCOc1ccc(NC(=O)CSc2ccc(N)nc2)cc1. The number of ether oxygens (including phenoxy) is 1. The van der Waals surface area contributed by atoms with Crippen molar-refractivity contribution in [1.82, 2.24) is 4.98 Å². The predicted molar refractivity (Wildman–Crippen MR) is 85.6 cm³/mol. The summed E-state index contributed by atoms with van der Waals surface area (Å²) in [6, 6.07) is 10.9. The van der Waals surface area contributed by atoms with Crippen LogP contribution in [0.1, 0.15) is 6.92 Å². The van der Waals surface area contributed by atoms with Crippen LogP contribution in [0, 0.1) is 0 Å². The number of hydrogen-bond acceptors (Lipinski definition) is 5. The van der Waals surface area contributed by atoms with Crippen molar-refractivity contribution in [3.05, 3.63) is 42.6 Å². The number of aromatic nitrogens is 1. The Bertz CT molecular complexity index is 585. The van der Waals surface area contributed by atoms with Gasteiger partial charge in [-0.25, -0.2) is 4.98 Å². The fraction of sp³-hybridized carbons (Fsp3) is 0.200. The molecule has 0 radical (unpaired) electrons. The largest absolute Gasteiger partial charge is 0.494 e. The van der Waals surface area contributed by atoms with E-state index in [0.29, 0.717) is 18.2 Å². The number of pyridine rings is 1. The monoisotopic (exact) mass is 303 g/mol. The molecule has 21 heavy (non-hydrogen) atoms. The van der Waals surface area contributed by atoms with Crippen LogP contribution in [-0.4, -0.2) is 23.3 Å². The van der Waals surface area contributed by atoms with Crippen molar-refractivity contribution >= 4 is 29.2 Å². The minimum Gasteiger partial charge on any atom is -0.494 e. The van der Waals surface area contributed by atoms with E-state index in [4.69, 9.17) is 10.5 Å². The first-order valence-electron chi connectivity index (χ1n) is 6.54. The van der Waals surface area contributed by atoms with E-state index in [2.05, 4.69) is 10.3 Å². The number of rotatable bonds is 6. The normalized spacial score (nSPS) is 10.1. The summed E-state index contributed by atoms with van der Waals surface area (Å²) >= 11 is 1.41. The molecule has 2 rings (SSSR count). The maximum absolute atomic E-state index is 11.9. The molecule has 5 nitrogen and oxygen atoms in total. The molecule has 0 bridgehead atoms. The summed E-state index contributed by atoms with van der Waals surface area (Å²) in [5.74, 6) is 1.51. The second-order valence-corrected chi connectivity index (χ2v) is 5.26. The number of carbonyl (C=O) groups is 1. The minimum atomic E-state index is -0.0685. The lowest BCUT2D eigenvalue weighted by Crippen LogP contribution is -2.13. The van der Waals surface area contributed by atoms with Crippen molar-refractivity contribution in [3.8, 4) is 5.75 Å². The highest BCUT2D eigenvalue weighted by Gasteiger charge is 2.04. The van der Waals surface area contributed by atoms with Crippen molar-refractivity contribution < 1.29 is 9.53 Å². The lowest BCUT2D eigenvalue weighted by atomic mass is 10.3. The van der Waals surface area contributed by atoms with Crippen molar-refractivity contribution in [1.29, 1.82) is 0 Å². The fourth-order valence-electron chi connectivity index (χ4n) is 1.62. The Morgan fingerprint density at radius 3 is 2.67 bits per heavy atom. The minimum absolute atomic E-state index is 0.0685. The number of benzene rings is 1. The smallest absolute Gasteiger partial charge is 0.234 e. The predicted octanol–water partition coefficient (Wildman–Crippen LogP) is 2.79. The zero-order valence-electron chi connectivity index (χ0n) is 11.7. The van der Waals surface area contributed by atoms with Crippen LogP contribution in [0.4, 0.5) is 11.5 Å². The summed E-state index contributed by atoms with van der Waals surface area (Å²) in [6.07, 6.45) is 1.66. The first-order valence-corrected chi connectivity index (χ1v) is 7.53. The van der Waals surface area contributed by atoms with Gasteiger partial charge in [-0.2, -0.15) is 0 Å². The molecule has 6 heteroatoms. The van der Waals surface area contributed by atoms with Crippen LogP contribution < -0.4 is 15.8 Å². The molecule has 110 valence electrons. The molecule has 0 aliphatic heterocycles. The van der Waals surface area contributed by atoms with Gasteiger partial charge in [0, 0.05) is 16.8 Å². The van der Waals surface area contributed by atoms with Gasteiger partial charge in [0.2, 0.25) is 5.91 Å². The van der Waals surface area contributed by atoms with E-state index >= 15 is 0 Å². The highest BCUT2D eigenvalue weighted by atomic mass is 32.2. The van der Waals surface area contributed by atoms with Crippen molar-refractivity contribution in [2.24, 2.45) is 0 Å². The lowest BCUT2D eigenvalue weighted by molar-refractivity contribution is -0.113. The van der Waals surface area contributed by atoms with Crippen molar-refractivity contribution in [2.45, 2.75) is 11.8 Å². The third-order valence-corrected chi connectivity index (χ3v) is 3.56. The zero-order chi connectivity index (χ0) is 15.1. The van der Waals surface area contributed by atoms with Crippen LogP contribution in [0.2, 0.25) is 0 Å². The number of nitrogens with two attached hydrogens (primary N) is 1. The summed E-state index contributed by atoms with van der Waals surface area (Å²) in [5, 5.41) is 2.83. The number of thioether (sulfide) groups is 1. The number of anilines is 2. The number of nitrogens with zero attached hydrogens (tertiary/aromatic N) is 1. The van der Waals surface area contributed by atoms with Gasteiger partial charge in [-0.1, -0.05) is 0 Å². The second-order valence-electron chi connectivity index (χ2n) is 4.21. The lowest BCUT2D eigenvalue weighted by Gasteiger charge is -2.07. The molecule has 1 heterocycles. The third-order valence-electron chi connectivity index (χ3n) is 2.58. The molecule has 3 N–H and O–H groups in total. The van der Waals surface area contributed by atoms with Gasteiger partial charge >= 0.3 is 0 Å². The van der Waals surface area contributed by atoms with E-state index in [-0.39, 0.29) is 5.91 Å². The van der Waals surface area contributed by atoms with Crippen LogP contribution in [0.3, 0.4) is 0 Å². The molecule has 0 unspecified atom stereocenters. The topological polar surface area (TPSA) is 77.2 Å². The van der Waals surface area contributed by atoms with Gasteiger partial charge in [0.15, 0.2) is 0 Å². The quantitative estimate of drug-likeness (QED) is 0.802. The maximum atomic E-state index is 11.9. The average Bonchev–Trinajstić information content (AvgIpc) is 2.49. The maximum Gasteiger partial charge on any atom is 0.234 e. The van der Waals surface area contributed by atoms with E-state index in [1.165, 1.54) is 11.8 Å². The Kier molecular flexibility index (Phi) is 5.45. The summed E-state index contributed by atoms with van der Waals surface area (Å²) in [5.41, 5.74) is 6.26. The van der Waals surface area contributed by atoms with Crippen molar-refractivity contribution in [2.75, 3.05) is 23.4 Å². The van der Waals surface area contributed by atoms with Gasteiger partial charge in [0.25, 0.3) is 0 Å². The summed E-state index contributed by atoms with van der Waals surface area (Å²) in [7, 11) is 0. The van der Waals surface area contributed by atoms with E-state index in [1.807, 2.05) is 37.3 Å². The average molecular weight is 303 g/mol. The zero-order valence-corrected chi connectivity index (χ0v) is 12.5. The van der Waals surface area contributed by atoms with Crippen LogP contribution in [0.25, 0.3) is 0 Å². The van der Waals surface area contributed by atoms with Gasteiger partial charge in [-0.3, -0.25) is 4.79 Å². The number of carbonyl (C=O) groups excluding carboxylic acids is 1. The van der Waals surface area contributed by atoms with Crippen LogP contribution >= 0.6 is 11.8 Å². The second kappa shape index (κ2) is 7.54. The first kappa shape index (κ1) is 15.2. The van der Waals surface area contributed by atoms with Crippen LogP contribution in [0.15, 0.2) is 47.5 Å². The Hall–Kier alpha value is -2.21. The molecule has 0 saturated heterocycles. The van der Waals surface area contributed by atoms with Gasteiger partial charge in [0.05, 0.1) is 12.4 Å². The molecule has 1 aromatic carbocycles. The molecule has 0 aliphatic rings. The Morgan fingerprint density at radius 1 is 1.29 bits per heavy atom. The number of hydrogen-bond donors (Lipinski definition) is 2. The number of amides is 1. The molecule has 1 amide bonds. The molecule has 1 aromatic heterocycles. The van der Waals surface area contributed by atoms with E-state index in [9.17, 15) is 4.79 Å². The molecular weight excluding hydrogens is 286 g/mol. The standard InChI is InChI=1S/C15H17N3O2S/c1-2-20-12-5-3-11(4-6-12)18-15(19)10-21-13-7-8-14(16)17-9-13/h3-9H,2,10H2,1H3,(H2,16,17)(H,18,19). The molecule has 0 spiro atoms.